The number of hydrogen-bond acceptors (Lipinski definition) is 6. The molecule has 174 valence electrons. The number of hydrogen-bond donors (Lipinski definition) is 1. The third-order valence-corrected chi connectivity index (χ3v) is 4.99. The van der Waals surface area contributed by atoms with E-state index in [-0.39, 0.29) is 0 Å². The fourth-order valence-corrected chi connectivity index (χ4v) is 2.73. The smallest absolute Gasteiger partial charge is 0.196 e. The summed E-state index contributed by atoms with van der Waals surface area (Å²) in [7, 11) is 1.96. The molecule has 0 amide bonds. The molecule has 0 aliphatic heterocycles. The van der Waals surface area contributed by atoms with Gasteiger partial charge in [0.15, 0.2) is 6.40 Å². The Labute approximate surface area is 205 Å². The summed E-state index contributed by atoms with van der Waals surface area (Å²) in [4.78, 5) is 17.6. The first-order valence-corrected chi connectivity index (χ1v) is 11.6. The molecule has 6 nitrogen and oxygen atoms in total. The van der Waals surface area contributed by atoms with Crippen molar-refractivity contribution in [3.05, 3.63) is 108 Å². The van der Waals surface area contributed by atoms with Crippen molar-refractivity contribution >= 4 is 35.8 Å². The molecule has 33 heavy (non-hydrogen) atoms. The maximum atomic E-state index is 5.66. The van der Waals surface area contributed by atoms with Crippen molar-refractivity contribution in [2.75, 3.05) is 12.8 Å². The van der Waals surface area contributed by atoms with Gasteiger partial charge in [-0.25, -0.2) is 4.98 Å². The summed E-state index contributed by atoms with van der Waals surface area (Å²) in [6.45, 7) is 6.16. The van der Waals surface area contributed by atoms with E-state index < -0.39 is 0 Å². The first-order chi connectivity index (χ1) is 16.0. The maximum Gasteiger partial charge on any atom is 0.196 e. The first kappa shape index (κ1) is 27.9. The molecule has 0 spiro atoms. The number of benzene rings is 1. The molecule has 8 heteroatoms. The van der Waals surface area contributed by atoms with Gasteiger partial charge in [0.25, 0.3) is 0 Å². The van der Waals surface area contributed by atoms with E-state index in [0.717, 1.165) is 22.1 Å². The standard InChI is InChI=1S/C13H18N4O.C7H7ClS.C5H5N/c1-4-12(8-15-10-18-14)6-5-7-13-9-17(3)11(2)16-13;1-9-7-4-2-6(8)3-5-7;1-2-4-6-5-3-1/h4-7,9-10H,1,8,14H2,2-3H3;2-5H,1H3;1-5H/b7-5+,12-6+,15-10?;;. The van der Waals surface area contributed by atoms with Crippen molar-refractivity contribution in [2.24, 2.45) is 17.9 Å². The van der Waals surface area contributed by atoms with Crippen LogP contribution in [-0.4, -0.2) is 33.7 Å². The molecule has 2 aromatic heterocycles. The highest BCUT2D eigenvalue weighted by molar-refractivity contribution is 7.98. The van der Waals surface area contributed by atoms with Gasteiger partial charge in [0.05, 0.1) is 12.2 Å². The van der Waals surface area contributed by atoms with Gasteiger partial charge in [-0.05, 0) is 61.2 Å². The van der Waals surface area contributed by atoms with Crippen LogP contribution in [-0.2, 0) is 11.9 Å². The van der Waals surface area contributed by atoms with Crippen LogP contribution in [0, 0.1) is 6.92 Å². The second kappa shape index (κ2) is 17.4. The number of aryl methyl sites for hydroxylation is 2. The lowest BCUT2D eigenvalue weighted by Gasteiger charge is -1.93. The predicted octanol–water partition coefficient (Wildman–Crippen LogP) is 5.92. The monoisotopic (exact) mass is 483 g/mol. The summed E-state index contributed by atoms with van der Waals surface area (Å²) in [5, 5.41) is 0.799. The number of nitrogens with two attached hydrogens (primary N) is 1. The average Bonchev–Trinajstić information content (AvgIpc) is 3.17. The minimum Gasteiger partial charge on any atom is -0.400 e. The van der Waals surface area contributed by atoms with E-state index >= 15 is 0 Å². The number of rotatable bonds is 7. The Hall–Kier alpha value is -3.13. The third kappa shape index (κ3) is 13.1. The molecule has 3 aromatic rings. The van der Waals surface area contributed by atoms with Crippen LogP contribution in [0.3, 0.4) is 0 Å². The van der Waals surface area contributed by atoms with E-state index in [4.69, 9.17) is 17.5 Å². The van der Waals surface area contributed by atoms with Gasteiger partial charge in [-0.15, -0.1) is 11.8 Å². The third-order valence-electron chi connectivity index (χ3n) is 3.99. The number of thioether (sulfide) groups is 1. The van der Waals surface area contributed by atoms with E-state index in [2.05, 4.69) is 26.4 Å². The molecule has 2 N–H and O–H groups in total. The highest BCUT2D eigenvalue weighted by atomic mass is 35.5. The molecular formula is C25H30ClN5OS. The molecule has 1 aromatic carbocycles. The van der Waals surface area contributed by atoms with Crippen molar-refractivity contribution in [1.82, 2.24) is 14.5 Å². The van der Waals surface area contributed by atoms with Gasteiger partial charge in [0, 0.05) is 35.6 Å². The molecule has 0 aliphatic rings. The van der Waals surface area contributed by atoms with Crippen LogP contribution in [0.15, 0.2) is 101 Å². The van der Waals surface area contributed by atoms with Crippen LogP contribution in [0.5, 0.6) is 0 Å². The average molecular weight is 484 g/mol. The zero-order chi connectivity index (χ0) is 24.3. The zero-order valence-corrected chi connectivity index (χ0v) is 20.7. The molecule has 3 rings (SSSR count). The van der Waals surface area contributed by atoms with Crippen LogP contribution in [0.2, 0.25) is 5.02 Å². The van der Waals surface area contributed by atoms with Crippen LogP contribution in [0.25, 0.3) is 6.08 Å². The second-order valence-corrected chi connectivity index (χ2v) is 7.71. The van der Waals surface area contributed by atoms with Crippen molar-refractivity contribution in [3.63, 3.8) is 0 Å². The molecule has 0 saturated heterocycles. The lowest BCUT2D eigenvalue weighted by molar-refractivity contribution is 0.337. The molecule has 0 radical (unpaired) electrons. The number of pyridine rings is 1. The lowest BCUT2D eigenvalue weighted by atomic mass is 10.2. The van der Waals surface area contributed by atoms with Gasteiger partial charge in [-0.3, -0.25) is 9.98 Å². The van der Waals surface area contributed by atoms with Crippen molar-refractivity contribution in [3.8, 4) is 0 Å². The first-order valence-electron chi connectivity index (χ1n) is 9.98. The van der Waals surface area contributed by atoms with E-state index in [1.54, 1.807) is 30.2 Å². The van der Waals surface area contributed by atoms with Crippen LogP contribution in [0.1, 0.15) is 11.5 Å². The molecule has 0 fully saturated rings. The van der Waals surface area contributed by atoms with Crippen LogP contribution < -0.4 is 5.90 Å². The summed E-state index contributed by atoms with van der Waals surface area (Å²) in [6, 6.07) is 13.5. The van der Waals surface area contributed by atoms with E-state index in [1.807, 2.05) is 91.7 Å². The molecule has 0 bridgehead atoms. The minimum absolute atomic E-state index is 0.478. The normalized spacial score (nSPS) is 10.9. The lowest BCUT2D eigenvalue weighted by Crippen LogP contribution is -1.96. The summed E-state index contributed by atoms with van der Waals surface area (Å²) >= 11 is 7.38. The molecule has 0 unspecified atom stereocenters. The van der Waals surface area contributed by atoms with Gasteiger partial charge in [-0.1, -0.05) is 42.5 Å². The van der Waals surface area contributed by atoms with Crippen LogP contribution in [0.4, 0.5) is 0 Å². The highest BCUT2D eigenvalue weighted by Crippen LogP contribution is 2.16. The Bertz CT molecular complexity index is 969. The Kier molecular flexibility index (Phi) is 14.7. The quantitative estimate of drug-likeness (QED) is 0.148. The van der Waals surface area contributed by atoms with Crippen molar-refractivity contribution in [2.45, 2.75) is 11.8 Å². The number of aliphatic imine (C=N–C) groups is 1. The largest absolute Gasteiger partial charge is 0.400 e. The van der Waals surface area contributed by atoms with E-state index in [1.165, 1.54) is 11.3 Å². The van der Waals surface area contributed by atoms with Crippen molar-refractivity contribution < 1.29 is 4.84 Å². The highest BCUT2D eigenvalue weighted by Gasteiger charge is 1.95. The van der Waals surface area contributed by atoms with E-state index in [0.29, 0.717) is 6.54 Å². The van der Waals surface area contributed by atoms with Gasteiger partial charge >= 0.3 is 0 Å². The Balaban J connectivity index is 0.000000297. The number of imidazole rings is 1. The molecule has 0 aliphatic carbocycles. The van der Waals surface area contributed by atoms with Gasteiger partial charge < -0.3 is 9.40 Å². The van der Waals surface area contributed by atoms with E-state index in [9.17, 15) is 0 Å². The maximum absolute atomic E-state index is 5.66. The zero-order valence-electron chi connectivity index (χ0n) is 19.1. The van der Waals surface area contributed by atoms with Gasteiger partial charge in [0.2, 0.25) is 0 Å². The number of aromatic nitrogens is 3. The topological polar surface area (TPSA) is 78.3 Å². The number of nitrogens with zero attached hydrogens (tertiary/aromatic N) is 4. The molecular weight excluding hydrogens is 454 g/mol. The number of halogens is 1. The summed E-state index contributed by atoms with van der Waals surface area (Å²) in [5.41, 5.74) is 1.88. The minimum atomic E-state index is 0.478. The Morgan fingerprint density at radius 3 is 2.39 bits per heavy atom. The van der Waals surface area contributed by atoms with Crippen molar-refractivity contribution in [1.29, 1.82) is 0 Å². The second-order valence-electron chi connectivity index (χ2n) is 6.39. The predicted molar refractivity (Wildman–Crippen MR) is 141 cm³/mol. The summed E-state index contributed by atoms with van der Waals surface area (Å²) < 4.78 is 1.97. The molecule has 0 atom stereocenters. The Morgan fingerprint density at radius 2 is 1.94 bits per heavy atom. The Morgan fingerprint density at radius 1 is 1.24 bits per heavy atom. The summed E-state index contributed by atoms with van der Waals surface area (Å²) in [5.74, 6) is 5.81. The van der Waals surface area contributed by atoms with Crippen LogP contribution >= 0.6 is 23.4 Å². The fourth-order valence-electron chi connectivity index (χ4n) is 2.19. The molecule has 0 saturated carbocycles. The molecule has 2 heterocycles. The van der Waals surface area contributed by atoms with Gasteiger partial charge in [0.1, 0.15) is 5.82 Å². The van der Waals surface area contributed by atoms with Gasteiger partial charge in [-0.2, -0.15) is 5.90 Å². The number of allylic oxidation sites excluding steroid dienone is 2. The summed E-state index contributed by atoms with van der Waals surface area (Å²) in [6.07, 6.45) is 16.2. The SMILES string of the molecule is C=C/C(=C\C=C\c1cn(C)c(C)n1)CN=CON.CSc1ccc(Cl)cc1.c1ccncc1. The fraction of sp³-hybridized carbons (Fsp3) is 0.160.